The van der Waals surface area contributed by atoms with Crippen LogP contribution in [0.15, 0.2) is 36.5 Å². The van der Waals surface area contributed by atoms with Gasteiger partial charge in [0.05, 0.1) is 6.10 Å². The fourth-order valence-electron chi connectivity index (χ4n) is 1.85. The van der Waals surface area contributed by atoms with Crippen molar-refractivity contribution in [3.05, 3.63) is 36.5 Å². The predicted molar refractivity (Wildman–Crippen MR) is 81.2 cm³/mol. The van der Waals surface area contributed by atoms with Crippen LogP contribution in [0.2, 0.25) is 18.1 Å². The Labute approximate surface area is 113 Å². The Morgan fingerprint density at radius 1 is 1.22 bits per heavy atom. The number of carbonyl (C=O) groups is 1. The van der Waals surface area contributed by atoms with Gasteiger partial charge in [0.1, 0.15) is 6.29 Å². The summed E-state index contributed by atoms with van der Waals surface area (Å²) in [6.07, 6.45) is 8.23. The summed E-state index contributed by atoms with van der Waals surface area (Å²) >= 11 is 0. The molecule has 18 heavy (non-hydrogen) atoms. The lowest BCUT2D eigenvalue weighted by Gasteiger charge is -2.32. The van der Waals surface area contributed by atoms with Crippen LogP contribution in [-0.2, 0) is 9.22 Å². The molecular weight excluding hydrogens is 240 g/mol. The van der Waals surface area contributed by atoms with Crippen LogP contribution in [0, 0.1) is 0 Å². The highest BCUT2D eigenvalue weighted by atomic mass is 28.4. The van der Waals surface area contributed by atoms with E-state index in [1.807, 2.05) is 31.2 Å². The average molecular weight is 266 g/mol. The Morgan fingerprint density at radius 2 is 1.78 bits per heavy atom. The summed E-state index contributed by atoms with van der Waals surface area (Å²) in [6.45, 7) is 12.3. The van der Waals surface area contributed by atoms with Crippen molar-refractivity contribution in [2.75, 3.05) is 0 Å². The molecule has 0 radical (unpaired) electrons. The largest absolute Gasteiger partial charge is 0.406 e. The SMILES string of the molecule is C=C(C=O)[C@H](/C=C/C=C/C)O[Si](CC)(CC)CC. The monoisotopic (exact) mass is 266 g/mol. The summed E-state index contributed by atoms with van der Waals surface area (Å²) < 4.78 is 6.27. The van der Waals surface area contributed by atoms with Crippen LogP contribution in [0.25, 0.3) is 0 Å². The minimum atomic E-state index is -1.71. The summed E-state index contributed by atoms with van der Waals surface area (Å²) in [5.41, 5.74) is 0.503. The Hall–Kier alpha value is -0.933. The summed E-state index contributed by atoms with van der Waals surface area (Å²) in [4.78, 5) is 10.9. The van der Waals surface area contributed by atoms with Crippen molar-refractivity contribution in [2.45, 2.75) is 51.9 Å². The Balaban J connectivity index is 4.97. The third kappa shape index (κ3) is 5.15. The van der Waals surface area contributed by atoms with Crippen molar-refractivity contribution in [1.82, 2.24) is 0 Å². The highest BCUT2D eigenvalue weighted by Crippen LogP contribution is 2.25. The molecule has 0 fully saturated rings. The lowest BCUT2D eigenvalue weighted by molar-refractivity contribution is -0.105. The van der Waals surface area contributed by atoms with Crippen LogP contribution in [0.3, 0.4) is 0 Å². The second-order valence-corrected chi connectivity index (χ2v) is 9.11. The number of hydrogen-bond acceptors (Lipinski definition) is 2. The molecule has 0 saturated carbocycles. The maximum atomic E-state index is 10.9. The Morgan fingerprint density at radius 3 is 2.17 bits per heavy atom. The smallest absolute Gasteiger partial charge is 0.193 e. The summed E-state index contributed by atoms with van der Waals surface area (Å²) in [5.74, 6) is 0. The minimum absolute atomic E-state index is 0.273. The molecule has 0 aliphatic carbocycles. The quantitative estimate of drug-likeness (QED) is 0.270. The molecule has 0 bridgehead atoms. The number of hydrogen-bond donors (Lipinski definition) is 0. The summed E-state index contributed by atoms with van der Waals surface area (Å²) in [5, 5.41) is 0. The Kier molecular flexibility index (Phi) is 8.59. The molecule has 2 nitrogen and oxygen atoms in total. The molecule has 0 rings (SSSR count). The summed E-state index contributed by atoms with van der Waals surface area (Å²) in [7, 11) is -1.71. The van der Waals surface area contributed by atoms with Gasteiger partial charge < -0.3 is 4.43 Å². The van der Waals surface area contributed by atoms with E-state index in [2.05, 4.69) is 27.4 Å². The van der Waals surface area contributed by atoms with Gasteiger partial charge in [-0.1, -0.05) is 51.7 Å². The van der Waals surface area contributed by atoms with Crippen LogP contribution in [0.5, 0.6) is 0 Å². The first-order chi connectivity index (χ1) is 8.59. The maximum absolute atomic E-state index is 10.9. The first-order valence-electron chi connectivity index (χ1n) is 6.70. The number of aldehydes is 1. The van der Waals surface area contributed by atoms with E-state index in [0.717, 1.165) is 24.4 Å². The van der Waals surface area contributed by atoms with Crippen LogP contribution >= 0.6 is 0 Å². The average Bonchev–Trinajstić information content (AvgIpc) is 2.42. The highest BCUT2D eigenvalue weighted by Gasteiger charge is 2.31. The normalized spacial score (nSPS) is 14.2. The molecule has 0 N–H and O–H groups in total. The van der Waals surface area contributed by atoms with E-state index in [-0.39, 0.29) is 6.10 Å². The molecule has 0 unspecified atom stereocenters. The van der Waals surface area contributed by atoms with Crippen molar-refractivity contribution >= 4 is 14.6 Å². The number of allylic oxidation sites excluding steroid dienone is 3. The third-order valence-electron chi connectivity index (χ3n) is 3.42. The van der Waals surface area contributed by atoms with E-state index in [1.165, 1.54) is 0 Å². The van der Waals surface area contributed by atoms with Gasteiger partial charge in [0, 0.05) is 5.57 Å². The number of carbonyl (C=O) groups excluding carboxylic acids is 1. The zero-order chi connectivity index (χ0) is 14.0. The first kappa shape index (κ1) is 17.1. The Bertz CT molecular complexity index is 306. The molecule has 0 aliphatic rings. The second-order valence-electron chi connectivity index (χ2n) is 4.39. The third-order valence-corrected chi connectivity index (χ3v) is 8.04. The molecule has 1 atom stereocenters. The van der Waals surface area contributed by atoms with E-state index < -0.39 is 8.32 Å². The van der Waals surface area contributed by atoms with Gasteiger partial charge in [-0.25, -0.2) is 0 Å². The molecule has 0 amide bonds. The van der Waals surface area contributed by atoms with Crippen LogP contribution in [0.4, 0.5) is 0 Å². The van der Waals surface area contributed by atoms with E-state index in [9.17, 15) is 4.79 Å². The van der Waals surface area contributed by atoms with Gasteiger partial charge in [-0.3, -0.25) is 4.79 Å². The lowest BCUT2D eigenvalue weighted by Crippen LogP contribution is -2.40. The van der Waals surface area contributed by atoms with Crippen molar-refractivity contribution < 1.29 is 9.22 Å². The van der Waals surface area contributed by atoms with Gasteiger partial charge >= 0.3 is 0 Å². The van der Waals surface area contributed by atoms with E-state index in [4.69, 9.17) is 4.43 Å². The first-order valence-corrected chi connectivity index (χ1v) is 9.23. The van der Waals surface area contributed by atoms with Crippen LogP contribution < -0.4 is 0 Å². The topological polar surface area (TPSA) is 26.3 Å². The van der Waals surface area contributed by atoms with Crippen LogP contribution in [-0.4, -0.2) is 20.7 Å². The second kappa shape index (κ2) is 9.06. The van der Waals surface area contributed by atoms with E-state index >= 15 is 0 Å². The molecule has 0 spiro atoms. The fourth-order valence-corrected chi connectivity index (χ4v) is 4.62. The van der Waals surface area contributed by atoms with E-state index in [1.54, 1.807) is 0 Å². The van der Waals surface area contributed by atoms with E-state index in [0.29, 0.717) is 5.57 Å². The summed E-state index contributed by atoms with van der Waals surface area (Å²) in [6, 6.07) is 3.21. The molecule has 3 heteroatoms. The predicted octanol–water partition coefficient (Wildman–Crippen LogP) is 4.26. The van der Waals surface area contributed by atoms with Crippen LogP contribution in [0.1, 0.15) is 27.7 Å². The van der Waals surface area contributed by atoms with Gasteiger partial charge in [0.25, 0.3) is 0 Å². The zero-order valence-corrected chi connectivity index (χ0v) is 13.1. The molecule has 0 aromatic heterocycles. The van der Waals surface area contributed by atoms with Crippen molar-refractivity contribution in [1.29, 1.82) is 0 Å². The van der Waals surface area contributed by atoms with Crippen molar-refractivity contribution in [3.63, 3.8) is 0 Å². The molecule has 0 saturated heterocycles. The molecule has 0 heterocycles. The minimum Gasteiger partial charge on any atom is -0.406 e. The van der Waals surface area contributed by atoms with Gasteiger partial charge in [0.2, 0.25) is 0 Å². The zero-order valence-electron chi connectivity index (χ0n) is 12.1. The van der Waals surface area contributed by atoms with Gasteiger partial charge in [-0.05, 0) is 25.1 Å². The lowest BCUT2D eigenvalue weighted by atomic mass is 10.2. The molecule has 0 aliphatic heterocycles. The fraction of sp³-hybridized carbons (Fsp3) is 0.533. The van der Waals surface area contributed by atoms with Gasteiger partial charge in [0.15, 0.2) is 8.32 Å². The molecule has 0 aromatic rings. The highest BCUT2D eigenvalue weighted by molar-refractivity contribution is 6.73. The van der Waals surface area contributed by atoms with Gasteiger partial charge in [-0.15, -0.1) is 0 Å². The maximum Gasteiger partial charge on any atom is 0.193 e. The number of rotatable bonds is 9. The molecule has 0 aromatic carbocycles. The standard InChI is InChI=1S/C15H26O2Si/c1-6-10-11-12-15(14(5)13-16)17-18(7-2,8-3)9-4/h6,10-13,15H,5,7-9H2,1-4H3/b10-6+,12-11+/t15-/m0/s1. The van der Waals surface area contributed by atoms with Crippen molar-refractivity contribution in [3.8, 4) is 0 Å². The molecular formula is C15H26O2Si. The van der Waals surface area contributed by atoms with Crippen molar-refractivity contribution in [2.24, 2.45) is 0 Å². The van der Waals surface area contributed by atoms with Gasteiger partial charge in [-0.2, -0.15) is 0 Å². The molecule has 102 valence electrons.